The van der Waals surface area contributed by atoms with Crippen molar-refractivity contribution < 1.29 is 27.6 Å². The molecule has 4 amide bonds. The van der Waals surface area contributed by atoms with Crippen LogP contribution in [0.5, 0.6) is 0 Å². The maximum absolute atomic E-state index is 13.5. The molecule has 30 heavy (non-hydrogen) atoms. The molecule has 0 bridgehead atoms. The first-order valence-corrected chi connectivity index (χ1v) is 9.13. The van der Waals surface area contributed by atoms with E-state index in [1.807, 2.05) is 0 Å². The van der Waals surface area contributed by atoms with Crippen LogP contribution in [0.15, 0.2) is 48.2 Å². The minimum atomic E-state index is -4.66. The largest absolute Gasteiger partial charge is 0.416 e. The summed E-state index contributed by atoms with van der Waals surface area (Å²) in [6, 6.07) is 2.92. The predicted octanol–water partition coefficient (Wildman–Crippen LogP) is 2.14. The van der Waals surface area contributed by atoms with Crippen LogP contribution in [-0.4, -0.2) is 66.3 Å². The summed E-state index contributed by atoms with van der Waals surface area (Å²) in [4.78, 5) is 41.6. The highest BCUT2D eigenvalue weighted by atomic mass is 19.4. The number of alkyl halides is 3. The maximum Gasteiger partial charge on any atom is 0.416 e. The van der Waals surface area contributed by atoms with Gasteiger partial charge in [0.05, 0.1) is 29.4 Å². The quantitative estimate of drug-likeness (QED) is 0.739. The van der Waals surface area contributed by atoms with E-state index < -0.39 is 29.7 Å². The van der Waals surface area contributed by atoms with Crippen molar-refractivity contribution in [2.24, 2.45) is 0 Å². The third-order valence-electron chi connectivity index (χ3n) is 5.17. The maximum atomic E-state index is 13.5. The number of nitrogens with one attached hydrogen (secondary N) is 1. The SMILES string of the molecule is C=CCN(C)C(=O)CN1CC2=C(C1=O)C(c1ccccc1C(F)(F)F)NC(=O)N2C. The molecule has 10 heteroatoms. The summed E-state index contributed by atoms with van der Waals surface area (Å²) >= 11 is 0. The highest BCUT2D eigenvalue weighted by Crippen LogP contribution is 2.41. The molecule has 7 nitrogen and oxygen atoms in total. The van der Waals surface area contributed by atoms with E-state index in [1.54, 1.807) is 7.05 Å². The van der Waals surface area contributed by atoms with Crippen molar-refractivity contribution in [2.45, 2.75) is 12.2 Å². The number of hydrogen-bond donors (Lipinski definition) is 1. The molecular weight excluding hydrogens is 401 g/mol. The van der Waals surface area contributed by atoms with Crippen molar-refractivity contribution in [3.8, 4) is 0 Å². The number of carbonyl (C=O) groups is 3. The normalized spacial score (nSPS) is 19.0. The Balaban J connectivity index is 1.98. The molecule has 160 valence electrons. The Morgan fingerprint density at radius 3 is 2.63 bits per heavy atom. The van der Waals surface area contributed by atoms with Crippen LogP contribution in [0.3, 0.4) is 0 Å². The summed E-state index contributed by atoms with van der Waals surface area (Å²) in [6.07, 6.45) is -3.12. The molecule has 0 spiro atoms. The fourth-order valence-corrected chi connectivity index (χ4v) is 3.57. The summed E-state index contributed by atoms with van der Waals surface area (Å²) < 4.78 is 40.6. The second kappa shape index (κ2) is 7.85. The van der Waals surface area contributed by atoms with Gasteiger partial charge in [0.2, 0.25) is 5.91 Å². The number of halogens is 3. The molecule has 2 aliphatic heterocycles. The van der Waals surface area contributed by atoms with Crippen LogP contribution in [0.4, 0.5) is 18.0 Å². The van der Waals surface area contributed by atoms with Crippen molar-refractivity contribution >= 4 is 17.8 Å². The fraction of sp³-hybridized carbons (Fsp3) is 0.350. The van der Waals surface area contributed by atoms with Crippen molar-refractivity contribution in [3.05, 3.63) is 59.3 Å². The van der Waals surface area contributed by atoms with E-state index in [4.69, 9.17) is 0 Å². The third-order valence-corrected chi connectivity index (χ3v) is 5.17. The lowest BCUT2D eigenvalue weighted by atomic mass is 9.92. The average molecular weight is 422 g/mol. The topological polar surface area (TPSA) is 73.0 Å². The first kappa shape index (κ1) is 21.4. The molecule has 0 aromatic heterocycles. The van der Waals surface area contributed by atoms with E-state index in [0.29, 0.717) is 0 Å². The van der Waals surface area contributed by atoms with Gasteiger partial charge in [0.15, 0.2) is 0 Å². The smallest absolute Gasteiger partial charge is 0.341 e. The van der Waals surface area contributed by atoms with E-state index in [0.717, 1.165) is 6.07 Å². The first-order chi connectivity index (χ1) is 14.1. The summed E-state index contributed by atoms with van der Waals surface area (Å²) in [5.41, 5.74) is -0.832. The lowest BCUT2D eigenvalue weighted by molar-refractivity contribution is -0.138. The monoisotopic (exact) mass is 422 g/mol. The first-order valence-electron chi connectivity index (χ1n) is 9.13. The second-order valence-corrected chi connectivity index (χ2v) is 7.11. The molecule has 2 aliphatic rings. The molecule has 1 aromatic rings. The van der Waals surface area contributed by atoms with Crippen molar-refractivity contribution in [1.29, 1.82) is 0 Å². The van der Waals surface area contributed by atoms with Crippen molar-refractivity contribution in [2.75, 3.05) is 33.7 Å². The standard InChI is InChI=1S/C20H21F3N4O3/c1-4-9-25(2)15(28)11-27-10-14-16(18(27)29)17(24-19(30)26(14)3)12-7-5-6-8-13(12)20(21,22)23/h4-8,17H,1,9-11H2,2-3H3,(H,24,30). The van der Waals surface area contributed by atoms with Crippen LogP contribution < -0.4 is 5.32 Å². The number of hydrogen-bond acceptors (Lipinski definition) is 3. The van der Waals surface area contributed by atoms with Gasteiger partial charge in [0.1, 0.15) is 6.54 Å². The molecule has 0 saturated heterocycles. The number of benzene rings is 1. The summed E-state index contributed by atoms with van der Waals surface area (Å²) in [5, 5.41) is 2.49. The molecule has 0 fully saturated rings. The van der Waals surface area contributed by atoms with Gasteiger partial charge in [-0.05, 0) is 11.6 Å². The fourth-order valence-electron chi connectivity index (χ4n) is 3.57. The number of amides is 4. The Morgan fingerprint density at radius 1 is 1.33 bits per heavy atom. The highest BCUT2D eigenvalue weighted by molar-refractivity contribution is 6.03. The van der Waals surface area contributed by atoms with E-state index in [9.17, 15) is 27.6 Å². The van der Waals surface area contributed by atoms with Crippen LogP contribution >= 0.6 is 0 Å². The summed E-state index contributed by atoms with van der Waals surface area (Å²) in [7, 11) is 2.98. The summed E-state index contributed by atoms with van der Waals surface area (Å²) in [5.74, 6) is -0.934. The van der Waals surface area contributed by atoms with E-state index in [2.05, 4.69) is 11.9 Å². The predicted molar refractivity (Wildman–Crippen MR) is 102 cm³/mol. The molecule has 1 unspecified atom stereocenters. The van der Waals surface area contributed by atoms with E-state index in [-0.39, 0.29) is 42.4 Å². The molecule has 3 rings (SSSR count). The van der Waals surface area contributed by atoms with Gasteiger partial charge >= 0.3 is 12.2 Å². The zero-order valence-electron chi connectivity index (χ0n) is 16.5. The van der Waals surface area contributed by atoms with Gasteiger partial charge in [-0.15, -0.1) is 6.58 Å². The van der Waals surface area contributed by atoms with Gasteiger partial charge in [-0.2, -0.15) is 13.2 Å². The van der Waals surface area contributed by atoms with Gasteiger partial charge in [-0.25, -0.2) is 4.79 Å². The molecule has 0 aliphatic carbocycles. The number of nitrogens with zero attached hydrogens (tertiary/aromatic N) is 3. The lowest BCUT2D eigenvalue weighted by Gasteiger charge is -2.32. The Bertz CT molecular complexity index is 941. The van der Waals surface area contributed by atoms with Crippen LogP contribution in [0.25, 0.3) is 0 Å². The zero-order valence-corrected chi connectivity index (χ0v) is 16.5. The number of likely N-dealkylation sites (N-methyl/N-ethyl adjacent to an activating group) is 2. The minimum absolute atomic E-state index is 0.0352. The van der Waals surface area contributed by atoms with Crippen LogP contribution in [0.2, 0.25) is 0 Å². The summed E-state index contributed by atoms with van der Waals surface area (Å²) in [6.45, 7) is 3.54. The molecule has 1 atom stereocenters. The Kier molecular flexibility index (Phi) is 5.60. The van der Waals surface area contributed by atoms with Crippen molar-refractivity contribution in [1.82, 2.24) is 20.0 Å². The second-order valence-electron chi connectivity index (χ2n) is 7.11. The van der Waals surface area contributed by atoms with Crippen LogP contribution in [0.1, 0.15) is 17.2 Å². The van der Waals surface area contributed by atoms with Gasteiger partial charge in [0, 0.05) is 20.6 Å². The van der Waals surface area contributed by atoms with Gasteiger partial charge < -0.3 is 15.1 Å². The van der Waals surface area contributed by atoms with E-state index >= 15 is 0 Å². The Morgan fingerprint density at radius 2 is 2.00 bits per heavy atom. The molecule has 2 heterocycles. The van der Waals surface area contributed by atoms with Crippen molar-refractivity contribution in [3.63, 3.8) is 0 Å². The average Bonchev–Trinajstić information content (AvgIpc) is 3.01. The number of urea groups is 1. The molecule has 0 radical (unpaired) electrons. The number of rotatable bonds is 5. The van der Waals surface area contributed by atoms with Gasteiger partial charge in [-0.3, -0.25) is 14.5 Å². The van der Waals surface area contributed by atoms with Gasteiger partial charge in [-0.1, -0.05) is 24.3 Å². The molecular formula is C20H21F3N4O3. The Hall–Kier alpha value is -3.30. The lowest BCUT2D eigenvalue weighted by Crippen LogP contribution is -2.45. The van der Waals surface area contributed by atoms with Crippen LogP contribution in [0, 0.1) is 0 Å². The highest BCUT2D eigenvalue weighted by Gasteiger charge is 2.46. The molecule has 1 aromatic carbocycles. The Labute approximate surface area is 171 Å². The number of carbonyl (C=O) groups excluding carboxylic acids is 3. The molecule has 1 N–H and O–H groups in total. The zero-order chi connectivity index (χ0) is 22.2. The third kappa shape index (κ3) is 3.77. The molecule has 0 saturated carbocycles. The van der Waals surface area contributed by atoms with Gasteiger partial charge in [0.25, 0.3) is 5.91 Å². The van der Waals surface area contributed by atoms with E-state index in [1.165, 1.54) is 46.0 Å². The minimum Gasteiger partial charge on any atom is -0.341 e. The van der Waals surface area contributed by atoms with Crippen LogP contribution in [-0.2, 0) is 15.8 Å².